The average Bonchev–Trinajstić information content (AvgIpc) is 3.40. The molecule has 1 atom stereocenters. The molecule has 0 radical (unpaired) electrons. The highest BCUT2D eigenvalue weighted by molar-refractivity contribution is 6.32. The number of carbonyl (C=O) groups is 1. The number of aromatic nitrogens is 2. The lowest BCUT2D eigenvalue weighted by Crippen LogP contribution is -2.52. The Kier molecular flexibility index (Phi) is 7.99. The molecule has 0 spiro atoms. The van der Waals surface area contributed by atoms with Crippen LogP contribution >= 0.6 is 11.6 Å². The summed E-state index contributed by atoms with van der Waals surface area (Å²) < 4.78 is 0. The first-order valence-electron chi connectivity index (χ1n) is 13.3. The van der Waals surface area contributed by atoms with Crippen molar-refractivity contribution in [3.05, 3.63) is 34.6 Å². The quantitative estimate of drug-likeness (QED) is 0.430. The van der Waals surface area contributed by atoms with Crippen molar-refractivity contribution >= 4 is 40.5 Å². The minimum atomic E-state index is -0.678. The van der Waals surface area contributed by atoms with Gasteiger partial charge in [0.2, 0.25) is 0 Å². The number of nitrogens with zero attached hydrogens (tertiary/aromatic N) is 5. The van der Waals surface area contributed by atoms with Gasteiger partial charge in [-0.25, -0.2) is 9.97 Å². The van der Waals surface area contributed by atoms with Crippen molar-refractivity contribution in [1.29, 1.82) is 0 Å². The molecule has 1 aromatic carbocycles. The number of piperidine rings is 1. The van der Waals surface area contributed by atoms with E-state index in [1.807, 2.05) is 6.07 Å². The Labute approximate surface area is 223 Å². The number of rotatable bonds is 7. The number of nitrogens with one attached hydrogen (secondary N) is 3. The number of primary amides is 1. The van der Waals surface area contributed by atoms with E-state index in [4.69, 9.17) is 17.3 Å². The predicted molar refractivity (Wildman–Crippen MR) is 149 cm³/mol. The Morgan fingerprint density at radius 2 is 1.84 bits per heavy atom. The van der Waals surface area contributed by atoms with Crippen LogP contribution in [0, 0.1) is 6.92 Å². The SMILES string of the molecule is Cc1cc(Nc2nc(N[C@@H]3CCNC3)c(Cl)nc2C(N)=O)ccc1N1CCC(N2CCN(C)CC2)CC1. The van der Waals surface area contributed by atoms with E-state index in [2.05, 4.69) is 66.7 Å². The van der Waals surface area contributed by atoms with Gasteiger partial charge >= 0.3 is 0 Å². The first-order valence-corrected chi connectivity index (χ1v) is 13.6. The fourth-order valence-electron chi connectivity index (χ4n) is 5.62. The van der Waals surface area contributed by atoms with Gasteiger partial charge < -0.3 is 31.5 Å². The van der Waals surface area contributed by atoms with Crippen LogP contribution in [0.3, 0.4) is 0 Å². The molecule has 3 fully saturated rings. The van der Waals surface area contributed by atoms with Crippen molar-refractivity contribution in [3.8, 4) is 0 Å². The summed E-state index contributed by atoms with van der Waals surface area (Å²) in [6.07, 6.45) is 3.35. The summed E-state index contributed by atoms with van der Waals surface area (Å²) in [5.74, 6) is 0.0625. The van der Waals surface area contributed by atoms with Crippen molar-refractivity contribution in [2.24, 2.45) is 5.73 Å². The van der Waals surface area contributed by atoms with Crippen LogP contribution in [0.1, 0.15) is 35.3 Å². The van der Waals surface area contributed by atoms with Crippen LogP contribution in [0.15, 0.2) is 18.2 Å². The summed E-state index contributed by atoms with van der Waals surface area (Å²) in [4.78, 5) is 28.5. The largest absolute Gasteiger partial charge is 0.371 e. The molecule has 200 valence electrons. The summed E-state index contributed by atoms with van der Waals surface area (Å²) in [6, 6.07) is 7.14. The predicted octanol–water partition coefficient (Wildman–Crippen LogP) is 2.27. The molecule has 4 heterocycles. The Bertz CT molecular complexity index is 1110. The van der Waals surface area contributed by atoms with Crippen molar-refractivity contribution < 1.29 is 4.79 Å². The van der Waals surface area contributed by atoms with Gasteiger partial charge in [-0.05, 0) is 63.5 Å². The maximum Gasteiger partial charge on any atom is 0.271 e. The lowest BCUT2D eigenvalue weighted by molar-refractivity contribution is 0.0982. The average molecular weight is 528 g/mol. The lowest BCUT2D eigenvalue weighted by Gasteiger charge is -2.43. The fourth-order valence-corrected chi connectivity index (χ4v) is 5.80. The van der Waals surface area contributed by atoms with Crippen LogP contribution in [-0.4, -0.2) is 97.2 Å². The molecule has 5 rings (SSSR count). The number of hydrogen-bond acceptors (Lipinski definition) is 9. The van der Waals surface area contributed by atoms with Crippen molar-refractivity contribution in [3.63, 3.8) is 0 Å². The van der Waals surface area contributed by atoms with Gasteiger partial charge in [-0.3, -0.25) is 9.69 Å². The van der Waals surface area contributed by atoms with Crippen LogP contribution in [0.4, 0.5) is 23.0 Å². The molecule has 1 aromatic heterocycles. The van der Waals surface area contributed by atoms with E-state index in [1.54, 1.807) is 0 Å². The third-order valence-corrected chi connectivity index (χ3v) is 8.07. The van der Waals surface area contributed by atoms with E-state index in [0.717, 1.165) is 38.3 Å². The van der Waals surface area contributed by atoms with Crippen LogP contribution < -0.4 is 26.6 Å². The topological polar surface area (TPSA) is 115 Å². The Morgan fingerprint density at radius 1 is 1.08 bits per heavy atom. The summed E-state index contributed by atoms with van der Waals surface area (Å²) in [7, 11) is 2.21. The molecule has 0 aliphatic carbocycles. The lowest BCUT2D eigenvalue weighted by atomic mass is 10.0. The zero-order valence-corrected chi connectivity index (χ0v) is 22.5. The maximum atomic E-state index is 12.1. The number of piperazine rings is 1. The van der Waals surface area contributed by atoms with Crippen LogP contribution in [-0.2, 0) is 0 Å². The minimum Gasteiger partial charge on any atom is -0.371 e. The fraction of sp³-hybridized carbons (Fsp3) is 0.577. The van der Waals surface area contributed by atoms with Gasteiger partial charge in [0.1, 0.15) is 0 Å². The highest BCUT2D eigenvalue weighted by Crippen LogP contribution is 2.31. The molecule has 3 aliphatic heterocycles. The summed E-state index contributed by atoms with van der Waals surface area (Å²) in [5.41, 5.74) is 8.85. The van der Waals surface area contributed by atoms with Gasteiger partial charge in [0.05, 0.1) is 0 Å². The Hall–Kier alpha value is -2.66. The van der Waals surface area contributed by atoms with E-state index in [-0.39, 0.29) is 16.9 Å². The van der Waals surface area contributed by atoms with E-state index in [0.29, 0.717) is 17.7 Å². The molecule has 1 amide bonds. The zero-order valence-electron chi connectivity index (χ0n) is 21.8. The molecule has 11 heteroatoms. The molecule has 0 saturated carbocycles. The van der Waals surface area contributed by atoms with Crippen LogP contribution in [0.25, 0.3) is 0 Å². The van der Waals surface area contributed by atoms with Crippen molar-refractivity contribution in [2.75, 3.05) is 74.9 Å². The second-order valence-corrected chi connectivity index (χ2v) is 10.8. The molecule has 0 bridgehead atoms. The number of anilines is 4. The van der Waals surface area contributed by atoms with Crippen molar-refractivity contribution in [1.82, 2.24) is 25.1 Å². The standard InChI is InChI=1S/C26H38ClN9O/c1-17-15-18(3-4-21(17)36-9-6-20(7-10-36)35-13-11-34(2)12-14-35)30-25-22(24(28)37)32-23(27)26(33-25)31-19-5-8-29-16-19/h3-4,15,19-20,29H,5-14,16H2,1-2H3,(H2,28,37)(H2,30,31,33)/t19-/m1/s1. The van der Waals surface area contributed by atoms with E-state index >= 15 is 0 Å². The molecular formula is C26H38ClN9O. The smallest absolute Gasteiger partial charge is 0.271 e. The monoisotopic (exact) mass is 527 g/mol. The molecule has 37 heavy (non-hydrogen) atoms. The highest BCUT2D eigenvalue weighted by Gasteiger charge is 2.27. The molecule has 10 nitrogen and oxygen atoms in total. The molecular weight excluding hydrogens is 490 g/mol. The number of amides is 1. The minimum absolute atomic E-state index is 0.0211. The van der Waals surface area contributed by atoms with Gasteiger partial charge in [0.25, 0.3) is 5.91 Å². The number of halogens is 1. The zero-order chi connectivity index (χ0) is 25.9. The van der Waals surface area contributed by atoms with Crippen molar-refractivity contribution in [2.45, 2.75) is 38.3 Å². The second kappa shape index (κ2) is 11.4. The first-order chi connectivity index (χ1) is 17.9. The Balaban J connectivity index is 1.26. The van der Waals surface area contributed by atoms with Gasteiger partial charge in [-0.2, -0.15) is 0 Å². The van der Waals surface area contributed by atoms with Gasteiger partial charge in [-0.15, -0.1) is 0 Å². The number of carbonyl (C=O) groups excluding carboxylic acids is 1. The summed E-state index contributed by atoms with van der Waals surface area (Å²) in [5, 5.41) is 10.0. The van der Waals surface area contributed by atoms with Crippen LogP contribution in [0.2, 0.25) is 5.15 Å². The Morgan fingerprint density at radius 3 is 2.49 bits per heavy atom. The number of aryl methyl sites for hydroxylation is 1. The van der Waals surface area contributed by atoms with Crippen LogP contribution in [0.5, 0.6) is 0 Å². The molecule has 5 N–H and O–H groups in total. The molecule has 2 aromatic rings. The second-order valence-electron chi connectivity index (χ2n) is 10.4. The van der Waals surface area contributed by atoms with E-state index in [1.165, 1.54) is 50.3 Å². The third kappa shape index (κ3) is 6.09. The summed E-state index contributed by atoms with van der Waals surface area (Å²) in [6.45, 7) is 10.7. The maximum absolute atomic E-state index is 12.1. The third-order valence-electron chi connectivity index (χ3n) is 7.81. The van der Waals surface area contributed by atoms with E-state index in [9.17, 15) is 4.79 Å². The highest BCUT2D eigenvalue weighted by atomic mass is 35.5. The normalized spacial score (nSPS) is 21.8. The number of likely N-dealkylation sites (N-methyl/N-ethyl adjacent to an activating group) is 1. The number of hydrogen-bond donors (Lipinski definition) is 4. The molecule has 0 unspecified atom stereocenters. The number of nitrogens with two attached hydrogens (primary N) is 1. The van der Waals surface area contributed by atoms with Gasteiger partial charge in [-0.1, -0.05) is 11.6 Å². The van der Waals surface area contributed by atoms with Gasteiger partial charge in [0.15, 0.2) is 22.5 Å². The number of benzene rings is 1. The molecule has 3 saturated heterocycles. The van der Waals surface area contributed by atoms with Gasteiger partial charge in [0, 0.05) is 69.3 Å². The summed E-state index contributed by atoms with van der Waals surface area (Å²) >= 11 is 6.32. The van der Waals surface area contributed by atoms with E-state index < -0.39 is 5.91 Å². The molecule has 3 aliphatic rings. The first kappa shape index (κ1) is 26.0.